The summed E-state index contributed by atoms with van der Waals surface area (Å²) >= 11 is 0. The molecule has 160 valence electrons. The Bertz CT molecular complexity index is 859. The highest BCUT2D eigenvalue weighted by Crippen LogP contribution is 2.35. The summed E-state index contributed by atoms with van der Waals surface area (Å²) in [5, 5.41) is 11.7. The van der Waals surface area contributed by atoms with Gasteiger partial charge in [0.2, 0.25) is 17.6 Å². The maximum Gasteiger partial charge on any atom is 0.353 e. The van der Waals surface area contributed by atoms with Crippen LogP contribution in [0.25, 0.3) is 0 Å². The summed E-state index contributed by atoms with van der Waals surface area (Å²) in [5.41, 5.74) is 7.28. The number of nitrogens with two attached hydrogens (primary N) is 1. The van der Waals surface area contributed by atoms with E-state index in [1.165, 1.54) is 5.56 Å². The first-order chi connectivity index (χ1) is 14.6. The number of nitrogen functional groups attached to an aromatic ring is 1. The summed E-state index contributed by atoms with van der Waals surface area (Å²) < 4.78 is 0. The smallest absolute Gasteiger partial charge is 0.353 e. The highest BCUT2D eigenvalue weighted by Gasteiger charge is 2.30. The Kier molecular flexibility index (Phi) is 6.30. The van der Waals surface area contributed by atoms with Gasteiger partial charge in [-0.05, 0) is 43.6 Å². The van der Waals surface area contributed by atoms with E-state index in [1.54, 1.807) is 0 Å². The molecule has 2 fully saturated rings. The van der Waals surface area contributed by atoms with Crippen LogP contribution in [0.15, 0.2) is 30.3 Å². The number of nitrogens with zero attached hydrogens (tertiary/aromatic N) is 5. The highest BCUT2D eigenvalue weighted by atomic mass is 16.6. The van der Waals surface area contributed by atoms with Crippen molar-refractivity contribution in [3.8, 4) is 0 Å². The van der Waals surface area contributed by atoms with Crippen LogP contribution in [0.1, 0.15) is 44.1 Å². The Balaban J connectivity index is 1.51. The normalized spacial score (nSPS) is 18.3. The van der Waals surface area contributed by atoms with Crippen molar-refractivity contribution in [3.05, 3.63) is 46.0 Å². The van der Waals surface area contributed by atoms with E-state index in [1.807, 2.05) is 11.0 Å². The number of rotatable bonds is 5. The molecule has 0 unspecified atom stereocenters. The molecule has 8 heteroatoms. The predicted molar refractivity (Wildman–Crippen MR) is 119 cm³/mol. The molecule has 3 heterocycles. The molecule has 30 heavy (non-hydrogen) atoms. The van der Waals surface area contributed by atoms with Gasteiger partial charge < -0.3 is 15.5 Å². The Hall–Kier alpha value is -2.90. The second-order valence-electron chi connectivity index (χ2n) is 8.36. The van der Waals surface area contributed by atoms with Gasteiger partial charge in [-0.2, -0.15) is 9.97 Å². The fourth-order valence-electron chi connectivity index (χ4n) is 4.55. The van der Waals surface area contributed by atoms with E-state index >= 15 is 0 Å². The van der Waals surface area contributed by atoms with Crippen LogP contribution in [0.5, 0.6) is 0 Å². The van der Waals surface area contributed by atoms with Gasteiger partial charge in [0.15, 0.2) is 0 Å². The number of nitro groups is 1. The molecule has 0 spiro atoms. The molecule has 2 aliphatic rings. The average molecular weight is 411 g/mol. The molecular weight excluding hydrogens is 380 g/mol. The Morgan fingerprint density at radius 3 is 2.27 bits per heavy atom. The summed E-state index contributed by atoms with van der Waals surface area (Å²) in [5.74, 6) is 1.51. The molecule has 0 atom stereocenters. The minimum atomic E-state index is -0.439. The molecule has 2 aliphatic heterocycles. The van der Waals surface area contributed by atoms with Crippen LogP contribution in [0.4, 0.5) is 23.3 Å². The van der Waals surface area contributed by atoms with Gasteiger partial charge in [0.25, 0.3) is 0 Å². The summed E-state index contributed by atoms with van der Waals surface area (Å²) in [7, 11) is 0. The predicted octanol–water partition coefficient (Wildman–Crippen LogP) is 3.81. The average Bonchev–Trinajstić information content (AvgIpc) is 3.04. The van der Waals surface area contributed by atoms with Crippen molar-refractivity contribution in [2.75, 3.05) is 41.7 Å². The quantitative estimate of drug-likeness (QED) is 0.591. The molecule has 1 aromatic carbocycles. The molecule has 4 rings (SSSR count). The molecule has 0 saturated carbocycles. The number of benzene rings is 1. The van der Waals surface area contributed by atoms with E-state index in [0.717, 1.165) is 71.1 Å². The number of anilines is 3. The first kappa shape index (κ1) is 20.4. The van der Waals surface area contributed by atoms with Crippen molar-refractivity contribution in [1.29, 1.82) is 0 Å². The van der Waals surface area contributed by atoms with Crippen LogP contribution in [0.2, 0.25) is 0 Å². The van der Waals surface area contributed by atoms with Crippen molar-refractivity contribution < 1.29 is 4.92 Å². The molecule has 1 aromatic heterocycles. The molecule has 2 N–H and O–H groups in total. The first-order valence-electron chi connectivity index (χ1n) is 11.0. The maximum atomic E-state index is 11.7. The van der Waals surface area contributed by atoms with Crippen molar-refractivity contribution in [1.82, 2.24) is 9.97 Å². The topological polar surface area (TPSA) is 101 Å². The zero-order chi connectivity index (χ0) is 20.9. The monoisotopic (exact) mass is 410 g/mol. The largest absolute Gasteiger partial charge is 0.378 e. The maximum absolute atomic E-state index is 11.7. The Labute approximate surface area is 177 Å². The van der Waals surface area contributed by atoms with Gasteiger partial charge in [-0.25, -0.2) is 0 Å². The van der Waals surface area contributed by atoms with Crippen LogP contribution in [0.3, 0.4) is 0 Å². The molecule has 0 amide bonds. The van der Waals surface area contributed by atoms with E-state index in [9.17, 15) is 10.1 Å². The van der Waals surface area contributed by atoms with Gasteiger partial charge in [-0.3, -0.25) is 10.1 Å². The van der Waals surface area contributed by atoms with E-state index in [-0.39, 0.29) is 11.5 Å². The lowest BCUT2D eigenvalue weighted by Gasteiger charge is -2.33. The minimum absolute atomic E-state index is 0.0318. The third kappa shape index (κ3) is 4.63. The lowest BCUT2D eigenvalue weighted by atomic mass is 9.90. The minimum Gasteiger partial charge on any atom is -0.378 e. The molecule has 0 aliphatic carbocycles. The van der Waals surface area contributed by atoms with Crippen molar-refractivity contribution in [2.24, 2.45) is 5.92 Å². The Morgan fingerprint density at radius 2 is 1.63 bits per heavy atom. The lowest BCUT2D eigenvalue weighted by molar-refractivity contribution is -0.383. The van der Waals surface area contributed by atoms with E-state index in [2.05, 4.69) is 39.1 Å². The van der Waals surface area contributed by atoms with Gasteiger partial charge in [-0.1, -0.05) is 43.2 Å². The highest BCUT2D eigenvalue weighted by molar-refractivity contribution is 5.71. The van der Waals surface area contributed by atoms with Crippen molar-refractivity contribution in [2.45, 2.75) is 44.9 Å². The SMILES string of the molecule is Nc1nc(N2CCC(Cc3ccccc3)CC2)nc(N2CCCCCC2)c1[N+](=O)[O-]. The Morgan fingerprint density at radius 1 is 0.967 bits per heavy atom. The van der Waals surface area contributed by atoms with E-state index < -0.39 is 4.92 Å². The summed E-state index contributed by atoms with van der Waals surface area (Å²) in [6, 6.07) is 10.6. The summed E-state index contributed by atoms with van der Waals surface area (Å²) in [4.78, 5) is 24.4. The zero-order valence-corrected chi connectivity index (χ0v) is 17.4. The second-order valence-corrected chi connectivity index (χ2v) is 8.36. The van der Waals surface area contributed by atoms with Gasteiger partial charge in [0.05, 0.1) is 4.92 Å². The molecule has 8 nitrogen and oxygen atoms in total. The van der Waals surface area contributed by atoms with E-state index in [0.29, 0.717) is 17.7 Å². The molecule has 2 saturated heterocycles. The van der Waals surface area contributed by atoms with E-state index in [4.69, 9.17) is 5.73 Å². The van der Waals surface area contributed by atoms with Crippen LogP contribution in [-0.4, -0.2) is 41.1 Å². The number of piperidine rings is 1. The fourth-order valence-corrected chi connectivity index (χ4v) is 4.55. The third-order valence-corrected chi connectivity index (χ3v) is 6.23. The second kappa shape index (κ2) is 9.28. The van der Waals surface area contributed by atoms with Crippen LogP contribution >= 0.6 is 0 Å². The van der Waals surface area contributed by atoms with Gasteiger partial charge in [0.1, 0.15) is 0 Å². The number of hydrogen-bond acceptors (Lipinski definition) is 7. The molecule has 0 radical (unpaired) electrons. The zero-order valence-electron chi connectivity index (χ0n) is 17.4. The molecule has 0 bridgehead atoms. The summed E-state index contributed by atoms with van der Waals surface area (Å²) in [6.07, 6.45) is 7.50. The van der Waals surface area contributed by atoms with Gasteiger partial charge >= 0.3 is 5.69 Å². The number of aromatic nitrogens is 2. The molecular formula is C22H30N6O2. The molecule has 2 aromatic rings. The number of hydrogen-bond donors (Lipinski definition) is 1. The van der Waals surface area contributed by atoms with Crippen LogP contribution < -0.4 is 15.5 Å². The standard InChI is InChI=1S/C22H30N6O2/c23-20-19(28(29)30)21(26-12-6-1-2-7-13-26)25-22(24-20)27-14-10-18(11-15-27)16-17-8-4-3-5-9-17/h3-5,8-9,18H,1-2,6-7,10-16H2,(H2,23,24,25). The summed E-state index contributed by atoms with van der Waals surface area (Å²) in [6.45, 7) is 3.23. The van der Waals surface area contributed by atoms with Crippen LogP contribution in [0, 0.1) is 16.0 Å². The van der Waals surface area contributed by atoms with Crippen molar-refractivity contribution in [3.63, 3.8) is 0 Å². The van der Waals surface area contributed by atoms with Gasteiger partial charge in [0, 0.05) is 26.2 Å². The van der Waals surface area contributed by atoms with Gasteiger partial charge in [-0.15, -0.1) is 0 Å². The van der Waals surface area contributed by atoms with Crippen molar-refractivity contribution >= 4 is 23.3 Å². The fraction of sp³-hybridized carbons (Fsp3) is 0.545. The first-order valence-corrected chi connectivity index (χ1v) is 11.0. The lowest BCUT2D eigenvalue weighted by Crippen LogP contribution is -2.36. The third-order valence-electron chi connectivity index (χ3n) is 6.23. The van der Waals surface area contributed by atoms with Crippen LogP contribution in [-0.2, 0) is 6.42 Å².